The molecule has 2 heterocycles. The summed E-state index contributed by atoms with van der Waals surface area (Å²) in [7, 11) is 0. The lowest BCUT2D eigenvalue weighted by molar-refractivity contribution is -0.124. The highest BCUT2D eigenvalue weighted by Crippen LogP contribution is 2.33. The minimum absolute atomic E-state index is 0.0282. The van der Waals surface area contributed by atoms with Crippen LogP contribution < -0.4 is 16.0 Å². The molecular weight excluding hydrogens is 364 g/mol. The summed E-state index contributed by atoms with van der Waals surface area (Å²) in [5, 5.41) is 9.88. The second kappa shape index (κ2) is 6.44. The summed E-state index contributed by atoms with van der Waals surface area (Å²) in [5.41, 5.74) is 3.75. The minimum Gasteiger partial charge on any atom is -0.358 e. The van der Waals surface area contributed by atoms with Crippen LogP contribution in [-0.2, 0) is 17.6 Å². The number of aryl methyl sites for hydroxylation is 1. The molecule has 1 aliphatic carbocycles. The van der Waals surface area contributed by atoms with Crippen molar-refractivity contribution in [2.24, 2.45) is 0 Å². The zero-order valence-electron chi connectivity index (χ0n) is 15.8. The average molecular weight is 384 g/mol. The van der Waals surface area contributed by atoms with Crippen LogP contribution in [0.1, 0.15) is 27.9 Å². The predicted molar refractivity (Wildman–Crippen MR) is 111 cm³/mol. The van der Waals surface area contributed by atoms with E-state index in [1.807, 2.05) is 48.5 Å². The monoisotopic (exact) mass is 384 g/mol. The Kier molecular flexibility index (Phi) is 3.87. The lowest BCUT2D eigenvalue weighted by Gasteiger charge is -2.32. The fraction of sp³-hybridized carbons (Fsp3) is 0.174. The van der Waals surface area contributed by atoms with Gasteiger partial charge in [0.1, 0.15) is 5.54 Å². The number of aromatic nitrogens is 1. The van der Waals surface area contributed by atoms with Gasteiger partial charge in [-0.05, 0) is 60.4 Å². The van der Waals surface area contributed by atoms with Gasteiger partial charge in [0, 0.05) is 23.6 Å². The van der Waals surface area contributed by atoms with Crippen molar-refractivity contribution in [2.45, 2.75) is 24.8 Å². The summed E-state index contributed by atoms with van der Waals surface area (Å²) >= 11 is 0. The maximum Gasteiger partial charge on any atom is 0.255 e. The van der Waals surface area contributed by atoms with Gasteiger partial charge >= 0.3 is 0 Å². The van der Waals surface area contributed by atoms with E-state index in [1.165, 1.54) is 0 Å². The zero-order chi connectivity index (χ0) is 20.0. The van der Waals surface area contributed by atoms with Crippen LogP contribution >= 0.6 is 0 Å². The summed E-state index contributed by atoms with van der Waals surface area (Å²) in [5.74, 6) is 0.369. The molecule has 3 N–H and O–H groups in total. The highest BCUT2D eigenvalue weighted by Gasteiger charge is 2.45. The Morgan fingerprint density at radius 3 is 2.86 bits per heavy atom. The molecule has 1 fully saturated rings. The number of amides is 2. The van der Waals surface area contributed by atoms with E-state index in [0.29, 0.717) is 24.2 Å². The molecule has 0 saturated carbocycles. The Labute approximate surface area is 168 Å². The molecule has 5 rings (SSSR count). The van der Waals surface area contributed by atoms with Gasteiger partial charge in [0.05, 0.1) is 17.0 Å². The number of hydrogen-bond donors (Lipinski definition) is 3. The third kappa shape index (κ3) is 2.93. The minimum atomic E-state index is -0.621. The number of hydrogen-bond acceptors (Lipinski definition) is 4. The SMILES string of the molecule is C=C1NC(=O)C2(CCc3cc(C(=O)Nc4cccc5ncccc45)ccc3C2)N1. The van der Waals surface area contributed by atoms with Crippen molar-refractivity contribution >= 4 is 28.4 Å². The summed E-state index contributed by atoms with van der Waals surface area (Å²) < 4.78 is 0. The molecule has 6 heteroatoms. The van der Waals surface area contributed by atoms with E-state index in [9.17, 15) is 9.59 Å². The van der Waals surface area contributed by atoms with E-state index in [4.69, 9.17) is 0 Å². The van der Waals surface area contributed by atoms with Crippen molar-refractivity contribution in [1.82, 2.24) is 15.6 Å². The van der Waals surface area contributed by atoms with E-state index in [2.05, 4.69) is 27.5 Å². The van der Waals surface area contributed by atoms with Gasteiger partial charge in [0.2, 0.25) is 0 Å². The normalized spacial score (nSPS) is 20.3. The molecule has 1 unspecified atom stereocenters. The van der Waals surface area contributed by atoms with Crippen molar-refractivity contribution in [2.75, 3.05) is 5.32 Å². The van der Waals surface area contributed by atoms with Gasteiger partial charge in [-0.1, -0.05) is 18.7 Å². The number of carbonyl (C=O) groups is 2. The summed E-state index contributed by atoms with van der Waals surface area (Å²) in [4.78, 5) is 29.6. The van der Waals surface area contributed by atoms with Gasteiger partial charge < -0.3 is 16.0 Å². The Balaban J connectivity index is 1.40. The van der Waals surface area contributed by atoms with Gasteiger partial charge in [-0.15, -0.1) is 0 Å². The van der Waals surface area contributed by atoms with Gasteiger partial charge in [0.15, 0.2) is 0 Å². The first kappa shape index (κ1) is 17.4. The fourth-order valence-corrected chi connectivity index (χ4v) is 4.27. The van der Waals surface area contributed by atoms with Gasteiger partial charge in [0.25, 0.3) is 11.8 Å². The Morgan fingerprint density at radius 2 is 2.03 bits per heavy atom. The highest BCUT2D eigenvalue weighted by atomic mass is 16.2. The first-order valence-electron chi connectivity index (χ1n) is 9.60. The molecule has 2 aliphatic rings. The van der Waals surface area contributed by atoms with Crippen molar-refractivity contribution < 1.29 is 9.59 Å². The van der Waals surface area contributed by atoms with Crippen LogP contribution in [0.5, 0.6) is 0 Å². The average Bonchev–Trinajstić information content (AvgIpc) is 3.00. The first-order chi connectivity index (χ1) is 14.0. The molecule has 29 heavy (non-hydrogen) atoms. The van der Waals surface area contributed by atoms with Crippen molar-refractivity contribution in [1.29, 1.82) is 0 Å². The lowest BCUT2D eigenvalue weighted by Crippen LogP contribution is -2.50. The first-order valence-corrected chi connectivity index (χ1v) is 9.60. The second-order valence-electron chi connectivity index (χ2n) is 7.63. The number of pyridine rings is 1. The molecule has 1 saturated heterocycles. The number of nitrogens with one attached hydrogen (secondary N) is 3. The summed E-state index contributed by atoms with van der Waals surface area (Å²) in [6.07, 6.45) is 3.72. The number of anilines is 1. The summed E-state index contributed by atoms with van der Waals surface area (Å²) in [6, 6.07) is 15.2. The standard InChI is InChI=1S/C23H20N4O2/c1-14-25-22(29)23(27-14)10-9-15-12-16(7-8-17(15)13-23)21(28)26-20-6-2-5-19-18(20)4-3-11-24-19/h2-8,11-12,27H,1,9-10,13H2,(H,25,29)(H,26,28). The molecule has 6 nitrogen and oxygen atoms in total. The number of rotatable bonds is 2. The number of nitrogens with zero attached hydrogens (tertiary/aromatic N) is 1. The highest BCUT2D eigenvalue weighted by molar-refractivity contribution is 6.08. The summed E-state index contributed by atoms with van der Waals surface area (Å²) in [6.45, 7) is 3.81. The van der Waals surface area contributed by atoms with Crippen LogP contribution in [0.4, 0.5) is 5.69 Å². The van der Waals surface area contributed by atoms with Crippen molar-refractivity contribution in [3.63, 3.8) is 0 Å². The number of fused-ring (bicyclic) bond motifs is 2. The smallest absolute Gasteiger partial charge is 0.255 e. The second-order valence-corrected chi connectivity index (χ2v) is 7.63. The van der Waals surface area contributed by atoms with Crippen LogP contribution in [0, 0.1) is 0 Å². The third-order valence-electron chi connectivity index (χ3n) is 5.76. The maximum absolute atomic E-state index is 12.9. The predicted octanol–water partition coefficient (Wildman–Crippen LogP) is 2.91. The van der Waals surface area contributed by atoms with Gasteiger partial charge in [-0.25, -0.2) is 0 Å². The largest absolute Gasteiger partial charge is 0.358 e. The van der Waals surface area contributed by atoms with E-state index in [0.717, 1.165) is 34.1 Å². The Hall–Kier alpha value is -3.67. The topological polar surface area (TPSA) is 83.1 Å². The molecule has 0 bridgehead atoms. The quantitative estimate of drug-likeness (QED) is 0.634. The molecule has 2 amide bonds. The number of benzene rings is 2. The maximum atomic E-state index is 12.9. The van der Waals surface area contributed by atoms with E-state index < -0.39 is 5.54 Å². The molecular formula is C23H20N4O2. The molecule has 1 atom stereocenters. The molecule has 3 aromatic rings. The molecule has 1 aliphatic heterocycles. The van der Waals surface area contributed by atoms with E-state index >= 15 is 0 Å². The fourth-order valence-electron chi connectivity index (χ4n) is 4.27. The molecule has 144 valence electrons. The van der Waals surface area contributed by atoms with Crippen LogP contribution in [-0.4, -0.2) is 22.3 Å². The van der Waals surface area contributed by atoms with Gasteiger partial charge in [-0.2, -0.15) is 0 Å². The van der Waals surface area contributed by atoms with Crippen LogP contribution in [0.2, 0.25) is 0 Å². The Bertz CT molecular complexity index is 1180. The van der Waals surface area contributed by atoms with Crippen LogP contribution in [0.25, 0.3) is 10.9 Å². The lowest BCUT2D eigenvalue weighted by atomic mass is 9.77. The van der Waals surface area contributed by atoms with Crippen LogP contribution in [0.15, 0.2) is 67.1 Å². The number of carbonyl (C=O) groups excluding carboxylic acids is 2. The van der Waals surface area contributed by atoms with Crippen LogP contribution in [0.3, 0.4) is 0 Å². The Morgan fingerprint density at radius 1 is 1.14 bits per heavy atom. The molecule has 1 spiro atoms. The van der Waals surface area contributed by atoms with E-state index in [-0.39, 0.29) is 11.8 Å². The van der Waals surface area contributed by atoms with Crippen molar-refractivity contribution in [3.8, 4) is 0 Å². The van der Waals surface area contributed by atoms with Gasteiger partial charge in [-0.3, -0.25) is 14.6 Å². The van der Waals surface area contributed by atoms with Crippen molar-refractivity contribution in [3.05, 3.63) is 83.8 Å². The van der Waals surface area contributed by atoms with E-state index in [1.54, 1.807) is 6.20 Å². The third-order valence-corrected chi connectivity index (χ3v) is 5.76. The molecule has 1 aromatic heterocycles. The molecule has 0 radical (unpaired) electrons. The zero-order valence-corrected chi connectivity index (χ0v) is 15.8. The molecule has 2 aromatic carbocycles.